The van der Waals surface area contributed by atoms with Gasteiger partial charge in [0.2, 0.25) is 11.8 Å². The van der Waals surface area contributed by atoms with Crippen LogP contribution < -0.4 is 9.62 Å². The summed E-state index contributed by atoms with van der Waals surface area (Å²) in [5, 5.41) is 2.21. The second-order valence-electron chi connectivity index (χ2n) is 9.04. The lowest BCUT2D eigenvalue weighted by atomic mass is 10.1. The largest absolute Gasteiger partial charge is 0.416 e. The molecule has 0 aromatic heterocycles. The van der Waals surface area contributed by atoms with Gasteiger partial charge in [0.15, 0.2) is 0 Å². The number of hydrogen-bond donors (Lipinski definition) is 1. The number of alkyl halides is 3. The highest BCUT2D eigenvalue weighted by Crippen LogP contribution is 2.37. The number of hydrogen-bond acceptors (Lipinski definition) is 4. The average Bonchev–Trinajstić information content (AvgIpc) is 2.91. The van der Waals surface area contributed by atoms with Crippen molar-refractivity contribution in [2.75, 3.05) is 17.9 Å². The summed E-state index contributed by atoms with van der Waals surface area (Å²) >= 11 is 6.25. The summed E-state index contributed by atoms with van der Waals surface area (Å²) in [6.45, 7) is 2.60. The number of aryl methyl sites for hydroxylation is 1. The third kappa shape index (κ3) is 7.14. The maximum Gasteiger partial charge on any atom is 0.416 e. The molecule has 3 aromatic carbocycles. The molecular formula is C28H29ClF3N3O4S. The second kappa shape index (κ2) is 12.7. The van der Waals surface area contributed by atoms with Crippen molar-refractivity contribution in [1.82, 2.24) is 10.2 Å². The first-order valence-corrected chi connectivity index (χ1v) is 14.1. The van der Waals surface area contributed by atoms with Crippen molar-refractivity contribution < 1.29 is 31.2 Å². The zero-order chi connectivity index (χ0) is 29.7. The zero-order valence-corrected chi connectivity index (χ0v) is 23.6. The van der Waals surface area contributed by atoms with E-state index in [2.05, 4.69) is 5.32 Å². The van der Waals surface area contributed by atoms with Crippen LogP contribution in [0.2, 0.25) is 5.02 Å². The predicted octanol–water partition coefficient (Wildman–Crippen LogP) is 5.42. The van der Waals surface area contributed by atoms with Gasteiger partial charge in [0.05, 0.1) is 21.2 Å². The van der Waals surface area contributed by atoms with E-state index in [4.69, 9.17) is 11.6 Å². The Labute approximate surface area is 236 Å². The fourth-order valence-corrected chi connectivity index (χ4v) is 5.92. The molecule has 3 aromatic rings. The number of likely N-dealkylation sites (N-methyl/N-ethyl adjacent to an activating group) is 1. The second-order valence-corrected chi connectivity index (χ2v) is 11.3. The number of sulfonamides is 1. The normalized spacial score (nSPS) is 12.5. The lowest BCUT2D eigenvalue weighted by Gasteiger charge is -2.33. The van der Waals surface area contributed by atoms with Gasteiger partial charge in [0, 0.05) is 13.6 Å². The number of carbonyl (C=O) groups is 2. The van der Waals surface area contributed by atoms with Gasteiger partial charge in [-0.3, -0.25) is 13.9 Å². The molecule has 0 aliphatic rings. The van der Waals surface area contributed by atoms with E-state index in [9.17, 15) is 31.2 Å². The van der Waals surface area contributed by atoms with Crippen LogP contribution in [-0.4, -0.2) is 44.8 Å². The molecule has 0 saturated heterocycles. The highest BCUT2D eigenvalue weighted by Gasteiger charge is 2.36. The van der Waals surface area contributed by atoms with Crippen molar-refractivity contribution in [3.63, 3.8) is 0 Å². The van der Waals surface area contributed by atoms with Gasteiger partial charge in [-0.2, -0.15) is 13.2 Å². The number of amides is 2. The van der Waals surface area contributed by atoms with Gasteiger partial charge >= 0.3 is 6.18 Å². The van der Waals surface area contributed by atoms with Crippen molar-refractivity contribution in [3.8, 4) is 0 Å². The van der Waals surface area contributed by atoms with Crippen LogP contribution in [0.1, 0.15) is 30.0 Å². The molecule has 12 heteroatoms. The number of anilines is 1. The number of halogens is 4. The smallest absolute Gasteiger partial charge is 0.357 e. The van der Waals surface area contributed by atoms with Gasteiger partial charge in [-0.25, -0.2) is 8.42 Å². The molecule has 214 valence electrons. The van der Waals surface area contributed by atoms with E-state index in [1.165, 1.54) is 36.2 Å². The quantitative estimate of drug-likeness (QED) is 0.339. The van der Waals surface area contributed by atoms with Gasteiger partial charge in [0.1, 0.15) is 12.6 Å². The highest BCUT2D eigenvalue weighted by atomic mass is 35.5. The molecule has 2 amide bonds. The fourth-order valence-electron chi connectivity index (χ4n) is 4.21. The molecule has 0 aliphatic carbocycles. The van der Waals surface area contributed by atoms with E-state index in [-0.39, 0.29) is 22.9 Å². The number of rotatable bonds is 10. The molecule has 0 saturated carbocycles. The molecule has 3 rings (SSSR count). The molecule has 7 nitrogen and oxygen atoms in total. The molecule has 1 N–H and O–H groups in total. The molecule has 0 fully saturated rings. The van der Waals surface area contributed by atoms with E-state index >= 15 is 0 Å². The summed E-state index contributed by atoms with van der Waals surface area (Å²) < 4.78 is 68.9. The molecule has 1 atom stereocenters. The van der Waals surface area contributed by atoms with Gasteiger partial charge < -0.3 is 10.2 Å². The fraction of sp³-hybridized carbons (Fsp3) is 0.286. The summed E-state index contributed by atoms with van der Waals surface area (Å²) in [5.41, 5.74) is -0.0644. The van der Waals surface area contributed by atoms with E-state index in [0.717, 1.165) is 17.7 Å². The van der Waals surface area contributed by atoms with Gasteiger partial charge in [-0.15, -0.1) is 0 Å². The molecule has 40 heavy (non-hydrogen) atoms. The van der Waals surface area contributed by atoms with E-state index < -0.39 is 51.9 Å². The monoisotopic (exact) mass is 595 g/mol. The van der Waals surface area contributed by atoms with E-state index in [1.807, 2.05) is 19.1 Å². The van der Waals surface area contributed by atoms with Crippen molar-refractivity contribution in [2.24, 2.45) is 0 Å². The lowest BCUT2D eigenvalue weighted by Crippen LogP contribution is -2.51. The minimum Gasteiger partial charge on any atom is -0.357 e. The number of nitrogens with one attached hydrogen (secondary N) is 1. The molecule has 0 aliphatic heterocycles. The summed E-state index contributed by atoms with van der Waals surface area (Å²) in [5.74, 6) is -1.27. The summed E-state index contributed by atoms with van der Waals surface area (Å²) in [6, 6.07) is 15.5. The summed E-state index contributed by atoms with van der Waals surface area (Å²) in [4.78, 5) is 27.6. The Bertz CT molecular complexity index is 1470. The standard InChI is InChI=1S/C28H29ClF3N3O4S/c1-4-24(27(37)33-3)34(17-20-10-8-9-19(2)15-20)26(36)18-35(40(38,39)22-11-6-5-7-12-22)25-16-21(28(30,31)32)13-14-23(25)29/h5-16,24H,4,17-18H2,1-3H3,(H,33,37). The van der Waals surface area contributed by atoms with Crippen LogP contribution in [0.15, 0.2) is 77.7 Å². The molecule has 0 radical (unpaired) electrons. The van der Waals surface area contributed by atoms with Crippen molar-refractivity contribution in [2.45, 2.75) is 43.9 Å². The molecule has 0 spiro atoms. The van der Waals surface area contributed by atoms with Crippen molar-refractivity contribution >= 4 is 39.1 Å². The maximum atomic E-state index is 13.9. The van der Waals surface area contributed by atoms with Crippen LogP contribution in [0.25, 0.3) is 0 Å². The molecular weight excluding hydrogens is 567 g/mol. The zero-order valence-electron chi connectivity index (χ0n) is 22.1. The van der Waals surface area contributed by atoms with Gasteiger partial charge in [-0.05, 0) is 49.2 Å². The summed E-state index contributed by atoms with van der Waals surface area (Å²) in [7, 11) is -3.16. The average molecular weight is 596 g/mol. The van der Waals surface area contributed by atoms with Crippen LogP contribution in [0.4, 0.5) is 18.9 Å². The topological polar surface area (TPSA) is 86.8 Å². The summed E-state index contributed by atoms with van der Waals surface area (Å²) in [6.07, 6.45) is -4.60. The first-order valence-electron chi connectivity index (χ1n) is 12.3. The lowest BCUT2D eigenvalue weighted by molar-refractivity contribution is -0.140. The van der Waals surface area contributed by atoms with Crippen LogP contribution in [-0.2, 0) is 32.3 Å². The number of benzene rings is 3. The minimum absolute atomic E-state index is 0.0397. The Morgan fingerprint density at radius 1 is 1.00 bits per heavy atom. The molecule has 1 unspecified atom stereocenters. The molecule has 0 bridgehead atoms. The van der Waals surface area contributed by atoms with Gasteiger partial charge in [-0.1, -0.05) is 66.6 Å². The Morgan fingerprint density at radius 3 is 2.25 bits per heavy atom. The minimum atomic E-state index is -4.80. The first-order chi connectivity index (χ1) is 18.8. The number of nitrogens with zero attached hydrogens (tertiary/aromatic N) is 2. The Hall–Kier alpha value is -3.57. The van der Waals surface area contributed by atoms with Crippen LogP contribution in [0.5, 0.6) is 0 Å². The van der Waals surface area contributed by atoms with Gasteiger partial charge in [0.25, 0.3) is 10.0 Å². The molecule has 0 heterocycles. The Kier molecular flexibility index (Phi) is 9.86. The highest BCUT2D eigenvalue weighted by molar-refractivity contribution is 7.92. The van der Waals surface area contributed by atoms with Crippen LogP contribution in [0, 0.1) is 6.92 Å². The third-order valence-corrected chi connectivity index (χ3v) is 8.31. The number of carbonyl (C=O) groups excluding carboxylic acids is 2. The van der Waals surface area contributed by atoms with Crippen molar-refractivity contribution in [1.29, 1.82) is 0 Å². The third-order valence-electron chi connectivity index (χ3n) is 6.22. The first kappa shape index (κ1) is 31.0. The maximum absolute atomic E-state index is 13.9. The van der Waals surface area contributed by atoms with Crippen LogP contribution in [0.3, 0.4) is 0 Å². The van der Waals surface area contributed by atoms with E-state index in [0.29, 0.717) is 15.9 Å². The van der Waals surface area contributed by atoms with E-state index in [1.54, 1.807) is 25.1 Å². The van der Waals surface area contributed by atoms with Crippen LogP contribution >= 0.6 is 11.6 Å². The Balaban J connectivity index is 2.16. The van der Waals surface area contributed by atoms with Crippen molar-refractivity contribution in [3.05, 3.63) is 94.5 Å². The SMILES string of the molecule is CCC(C(=O)NC)N(Cc1cccc(C)c1)C(=O)CN(c1cc(C(F)(F)F)ccc1Cl)S(=O)(=O)c1ccccc1. The Morgan fingerprint density at radius 2 is 1.68 bits per heavy atom. The predicted molar refractivity (Wildman–Crippen MR) is 147 cm³/mol.